The fraction of sp³-hybridized carbons (Fsp3) is 0.154. The molecule has 1 fully saturated rings. The highest BCUT2D eigenvalue weighted by molar-refractivity contribution is 7.80. The lowest BCUT2D eigenvalue weighted by atomic mass is 10.0. The third-order valence-corrected chi connectivity index (χ3v) is 6.56. The molecule has 0 bridgehead atoms. The van der Waals surface area contributed by atoms with Crippen LogP contribution in [-0.2, 0) is 0 Å². The fourth-order valence-corrected chi connectivity index (χ4v) is 5.21. The number of rotatable bonds is 4. The molecule has 166 valence electrons. The van der Waals surface area contributed by atoms with Crippen LogP contribution in [0, 0.1) is 13.8 Å². The average molecular weight is 494 g/mol. The SMILES string of the molecule is Cc1cc(C)cc(N2C(=S)N[C@@H](c3ccccn3)[C@H]2c2ccc(-c3ccc(Cl)cc3Cl)o2)c1. The van der Waals surface area contributed by atoms with Gasteiger partial charge in [0.15, 0.2) is 5.11 Å². The zero-order valence-corrected chi connectivity index (χ0v) is 20.4. The number of aromatic nitrogens is 1. The van der Waals surface area contributed by atoms with Crippen LogP contribution in [0.15, 0.2) is 77.3 Å². The van der Waals surface area contributed by atoms with E-state index in [9.17, 15) is 0 Å². The van der Waals surface area contributed by atoms with Gasteiger partial charge in [0.1, 0.15) is 17.6 Å². The van der Waals surface area contributed by atoms with Crippen LogP contribution in [0.5, 0.6) is 0 Å². The normalized spacial score (nSPS) is 17.9. The van der Waals surface area contributed by atoms with Crippen LogP contribution in [-0.4, -0.2) is 10.1 Å². The number of pyridine rings is 1. The summed E-state index contributed by atoms with van der Waals surface area (Å²) in [5, 5.41) is 5.21. The molecule has 0 amide bonds. The third kappa shape index (κ3) is 4.24. The second kappa shape index (κ2) is 8.82. The number of furan rings is 1. The van der Waals surface area contributed by atoms with Gasteiger partial charge in [0, 0.05) is 22.5 Å². The van der Waals surface area contributed by atoms with Crippen LogP contribution in [0.3, 0.4) is 0 Å². The van der Waals surface area contributed by atoms with Crippen molar-refractivity contribution in [3.8, 4) is 11.3 Å². The van der Waals surface area contributed by atoms with Crippen molar-refractivity contribution in [2.75, 3.05) is 4.90 Å². The summed E-state index contributed by atoms with van der Waals surface area (Å²) >= 11 is 18.3. The predicted octanol–water partition coefficient (Wildman–Crippen LogP) is 7.44. The van der Waals surface area contributed by atoms with E-state index in [4.69, 9.17) is 39.8 Å². The smallest absolute Gasteiger partial charge is 0.174 e. The van der Waals surface area contributed by atoms with E-state index in [0.29, 0.717) is 20.9 Å². The number of hydrogen-bond donors (Lipinski definition) is 1. The third-order valence-electron chi connectivity index (χ3n) is 5.70. The first-order valence-electron chi connectivity index (χ1n) is 10.5. The number of thiocarbonyl (C=S) groups is 1. The van der Waals surface area contributed by atoms with Crippen LogP contribution in [0.1, 0.15) is 34.7 Å². The van der Waals surface area contributed by atoms with Crippen molar-refractivity contribution in [3.05, 3.63) is 106 Å². The monoisotopic (exact) mass is 493 g/mol. The molecule has 0 spiro atoms. The Labute approximate surface area is 208 Å². The van der Waals surface area contributed by atoms with Crippen molar-refractivity contribution in [2.24, 2.45) is 0 Å². The zero-order chi connectivity index (χ0) is 23.1. The topological polar surface area (TPSA) is 41.3 Å². The van der Waals surface area contributed by atoms with Crippen molar-refractivity contribution in [1.29, 1.82) is 0 Å². The number of nitrogens with zero attached hydrogens (tertiary/aromatic N) is 2. The highest BCUT2D eigenvalue weighted by Crippen LogP contribution is 2.44. The van der Waals surface area contributed by atoms with Gasteiger partial charge >= 0.3 is 0 Å². The second-order valence-electron chi connectivity index (χ2n) is 8.17. The molecule has 1 aliphatic heterocycles. The van der Waals surface area contributed by atoms with E-state index in [1.54, 1.807) is 18.3 Å². The van der Waals surface area contributed by atoms with E-state index in [0.717, 1.165) is 22.7 Å². The molecule has 1 N–H and O–H groups in total. The summed E-state index contributed by atoms with van der Waals surface area (Å²) in [6.45, 7) is 4.17. The van der Waals surface area contributed by atoms with Crippen molar-refractivity contribution < 1.29 is 4.42 Å². The number of hydrogen-bond acceptors (Lipinski definition) is 3. The van der Waals surface area contributed by atoms with Gasteiger partial charge in [-0.05, 0) is 91.8 Å². The summed E-state index contributed by atoms with van der Waals surface area (Å²) in [6, 6.07) is 21.2. The molecule has 1 saturated heterocycles. The summed E-state index contributed by atoms with van der Waals surface area (Å²) in [5.74, 6) is 1.43. The number of anilines is 1. The molecule has 0 radical (unpaired) electrons. The van der Waals surface area contributed by atoms with Crippen LogP contribution in [0.2, 0.25) is 10.0 Å². The Hall–Kier alpha value is -2.86. The van der Waals surface area contributed by atoms with Crippen LogP contribution in [0.25, 0.3) is 11.3 Å². The van der Waals surface area contributed by atoms with Crippen molar-refractivity contribution >= 4 is 46.2 Å². The minimum atomic E-state index is -0.228. The molecule has 5 rings (SSSR count). The minimum Gasteiger partial charge on any atom is -0.459 e. The quantitative estimate of drug-likeness (QED) is 0.299. The molecule has 2 atom stereocenters. The zero-order valence-electron chi connectivity index (χ0n) is 18.0. The molecule has 4 aromatic rings. The highest BCUT2D eigenvalue weighted by atomic mass is 35.5. The van der Waals surface area contributed by atoms with Gasteiger partial charge < -0.3 is 14.6 Å². The molecule has 1 aliphatic rings. The Morgan fingerprint density at radius 1 is 0.970 bits per heavy atom. The van der Waals surface area contributed by atoms with Crippen molar-refractivity contribution in [2.45, 2.75) is 25.9 Å². The minimum absolute atomic E-state index is 0.181. The maximum absolute atomic E-state index is 6.44. The molecular formula is C26H21Cl2N3OS. The van der Waals surface area contributed by atoms with E-state index >= 15 is 0 Å². The van der Waals surface area contributed by atoms with Gasteiger partial charge in [-0.1, -0.05) is 35.3 Å². The molecule has 33 heavy (non-hydrogen) atoms. The van der Waals surface area contributed by atoms with Gasteiger partial charge in [0.25, 0.3) is 0 Å². The van der Waals surface area contributed by atoms with Gasteiger partial charge in [-0.25, -0.2) is 0 Å². The highest BCUT2D eigenvalue weighted by Gasteiger charge is 2.42. The summed E-state index contributed by atoms with van der Waals surface area (Å²) in [4.78, 5) is 6.71. The van der Waals surface area contributed by atoms with Gasteiger partial charge in [0.05, 0.1) is 16.8 Å². The van der Waals surface area contributed by atoms with Crippen molar-refractivity contribution in [1.82, 2.24) is 10.3 Å². The van der Waals surface area contributed by atoms with Crippen LogP contribution < -0.4 is 10.2 Å². The Bertz CT molecular complexity index is 1320. The predicted molar refractivity (Wildman–Crippen MR) is 138 cm³/mol. The van der Waals surface area contributed by atoms with Gasteiger partial charge in [-0.15, -0.1) is 0 Å². The molecule has 0 aliphatic carbocycles. The summed E-state index contributed by atoms with van der Waals surface area (Å²) in [7, 11) is 0. The summed E-state index contributed by atoms with van der Waals surface area (Å²) in [6.07, 6.45) is 1.79. The van der Waals surface area contributed by atoms with Crippen LogP contribution >= 0.6 is 35.4 Å². The van der Waals surface area contributed by atoms with E-state index in [2.05, 4.69) is 47.2 Å². The maximum Gasteiger partial charge on any atom is 0.174 e. The fourth-order valence-electron chi connectivity index (χ4n) is 4.36. The molecule has 0 saturated carbocycles. The summed E-state index contributed by atoms with van der Waals surface area (Å²) in [5.41, 5.74) is 5.02. The Kier molecular flexibility index (Phi) is 5.87. The Balaban J connectivity index is 1.62. The number of nitrogens with one attached hydrogen (secondary N) is 1. The number of halogens is 2. The Morgan fingerprint density at radius 3 is 2.45 bits per heavy atom. The largest absolute Gasteiger partial charge is 0.459 e. The molecule has 7 heteroatoms. The first-order valence-corrected chi connectivity index (χ1v) is 11.7. The molecule has 4 nitrogen and oxygen atoms in total. The van der Waals surface area contributed by atoms with Gasteiger partial charge in [-0.3, -0.25) is 4.98 Å². The van der Waals surface area contributed by atoms with E-state index in [1.807, 2.05) is 36.4 Å². The van der Waals surface area contributed by atoms with Gasteiger partial charge in [-0.2, -0.15) is 0 Å². The molecule has 2 aromatic heterocycles. The molecule has 0 unspecified atom stereocenters. The van der Waals surface area contributed by atoms with E-state index in [-0.39, 0.29) is 12.1 Å². The number of aryl methyl sites for hydroxylation is 2. The molecule has 3 heterocycles. The molecular weight excluding hydrogens is 473 g/mol. The van der Waals surface area contributed by atoms with E-state index < -0.39 is 0 Å². The Morgan fingerprint density at radius 2 is 1.76 bits per heavy atom. The summed E-state index contributed by atoms with van der Waals surface area (Å²) < 4.78 is 6.39. The van der Waals surface area contributed by atoms with Gasteiger partial charge in [0.2, 0.25) is 0 Å². The lowest BCUT2D eigenvalue weighted by Gasteiger charge is -2.26. The second-order valence-corrected chi connectivity index (χ2v) is 9.40. The first-order chi connectivity index (χ1) is 15.9. The average Bonchev–Trinajstić information content (AvgIpc) is 3.38. The molecule has 2 aromatic carbocycles. The standard InChI is InChI=1S/C26H21Cl2N3OS/c1-15-11-16(2)13-18(12-15)31-25(24(30-26(31)33)21-5-3-4-10-29-21)23-9-8-22(32-23)19-7-6-17(27)14-20(19)28/h3-14,24-25H,1-2H3,(H,30,33)/t24-,25+/m0/s1. The first kappa shape index (κ1) is 22.0. The number of benzene rings is 2. The van der Waals surface area contributed by atoms with Crippen molar-refractivity contribution in [3.63, 3.8) is 0 Å². The lowest BCUT2D eigenvalue weighted by molar-refractivity contribution is 0.439. The van der Waals surface area contributed by atoms with Crippen LogP contribution in [0.4, 0.5) is 5.69 Å². The lowest BCUT2D eigenvalue weighted by Crippen LogP contribution is -2.29. The van der Waals surface area contributed by atoms with E-state index in [1.165, 1.54) is 11.1 Å². The maximum atomic E-state index is 6.44.